The highest BCUT2D eigenvalue weighted by Crippen LogP contribution is 2.33. The Kier molecular flexibility index (Phi) is 11.4. The summed E-state index contributed by atoms with van der Waals surface area (Å²) < 4.78 is 29.0. The highest BCUT2D eigenvalue weighted by atomic mass is 35.5. The Balaban J connectivity index is 0.950. The molecule has 0 bridgehead atoms. The van der Waals surface area contributed by atoms with E-state index in [-0.39, 0.29) is 0 Å². The number of sulfonamides is 1. The predicted octanol–water partition coefficient (Wildman–Crippen LogP) is 6.70. The van der Waals surface area contributed by atoms with Gasteiger partial charge in [-0.05, 0) is 78.8 Å². The maximum absolute atomic E-state index is 12.7. The van der Waals surface area contributed by atoms with E-state index in [0.29, 0.717) is 36.1 Å². The first-order chi connectivity index (χ1) is 26.8. The van der Waals surface area contributed by atoms with Crippen LogP contribution in [0.5, 0.6) is 0 Å². The zero-order valence-electron chi connectivity index (χ0n) is 31.4. The first-order valence-corrected chi connectivity index (χ1v) is 21.7. The Morgan fingerprint density at radius 1 is 0.891 bits per heavy atom. The molecule has 4 heterocycles. The predicted molar refractivity (Wildman–Crippen MR) is 221 cm³/mol. The summed E-state index contributed by atoms with van der Waals surface area (Å²) in [5.74, 6) is 7.66. The molecule has 2 aliphatic heterocycles. The number of hydrogen-bond donors (Lipinski definition) is 1. The van der Waals surface area contributed by atoms with Gasteiger partial charge in [-0.15, -0.1) is 0 Å². The zero-order chi connectivity index (χ0) is 37.8. The van der Waals surface area contributed by atoms with E-state index in [4.69, 9.17) is 16.7 Å². The molecule has 1 aliphatic carbocycles. The van der Waals surface area contributed by atoms with Crippen molar-refractivity contribution in [2.24, 2.45) is 0 Å². The van der Waals surface area contributed by atoms with E-state index in [9.17, 15) is 8.42 Å². The average molecular weight is 774 g/mol. The summed E-state index contributed by atoms with van der Waals surface area (Å²) in [7, 11) is -3.36. The van der Waals surface area contributed by atoms with Gasteiger partial charge in [0.1, 0.15) is 5.82 Å². The van der Waals surface area contributed by atoms with E-state index in [2.05, 4.69) is 91.2 Å². The number of nitrogens with one attached hydrogen (secondary N) is 1. The smallest absolute Gasteiger partial charge is 0.211 e. The molecule has 0 spiro atoms. The summed E-state index contributed by atoms with van der Waals surface area (Å²) in [6, 6.07) is 29.5. The maximum Gasteiger partial charge on any atom is 0.211 e. The minimum absolute atomic E-state index is 0.303. The topological polar surface area (TPSA) is 86.6 Å². The SMILES string of the molecule is CS(=O)(=O)N1CCc2c(c(-c3ccc(Cl)c(C#Cc4ccc(CNC5CCCc6ccccc65)cc4)c3)nn2CCCN2CCN(c3ccccn3)CC2)C1. The van der Waals surface area contributed by atoms with Crippen LogP contribution in [0.15, 0.2) is 91.1 Å². The molecule has 1 atom stereocenters. The van der Waals surface area contributed by atoms with Crippen LogP contribution in [-0.4, -0.2) is 77.9 Å². The van der Waals surface area contributed by atoms with Gasteiger partial charge >= 0.3 is 0 Å². The van der Waals surface area contributed by atoms with Crippen LogP contribution in [0.2, 0.25) is 5.02 Å². The molecule has 8 rings (SSSR count). The van der Waals surface area contributed by atoms with E-state index in [1.54, 1.807) is 4.31 Å². The molecule has 1 N–H and O–H groups in total. The third kappa shape index (κ3) is 8.82. The molecule has 1 unspecified atom stereocenters. The normalized spacial score (nSPS) is 17.6. The molecule has 3 aromatic carbocycles. The molecule has 0 radical (unpaired) electrons. The first-order valence-electron chi connectivity index (χ1n) is 19.4. The van der Waals surface area contributed by atoms with Gasteiger partial charge < -0.3 is 10.2 Å². The van der Waals surface area contributed by atoms with Crippen LogP contribution in [0.3, 0.4) is 0 Å². The Morgan fingerprint density at radius 2 is 1.71 bits per heavy atom. The van der Waals surface area contributed by atoms with E-state index in [1.165, 1.54) is 29.4 Å². The Morgan fingerprint density at radius 3 is 2.51 bits per heavy atom. The number of nitrogens with zero attached hydrogens (tertiary/aromatic N) is 6. The van der Waals surface area contributed by atoms with E-state index >= 15 is 0 Å². The third-order valence-corrected chi connectivity index (χ3v) is 12.8. The minimum Gasteiger partial charge on any atom is -0.354 e. The highest BCUT2D eigenvalue weighted by Gasteiger charge is 2.30. The van der Waals surface area contributed by atoms with Crippen LogP contribution in [0.4, 0.5) is 5.82 Å². The van der Waals surface area contributed by atoms with Crippen molar-refractivity contribution < 1.29 is 8.42 Å². The summed E-state index contributed by atoms with van der Waals surface area (Å²) >= 11 is 6.71. The highest BCUT2D eigenvalue weighted by molar-refractivity contribution is 7.88. The monoisotopic (exact) mass is 773 g/mol. The molecule has 9 nitrogen and oxygen atoms in total. The molecule has 5 aromatic rings. The quantitative estimate of drug-likeness (QED) is 0.158. The lowest BCUT2D eigenvalue weighted by atomic mass is 9.87. The van der Waals surface area contributed by atoms with Gasteiger partial charge in [0.2, 0.25) is 10.0 Å². The van der Waals surface area contributed by atoms with Crippen molar-refractivity contribution in [3.63, 3.8) is 0 Å². The summed E-state index contributed by atoms with van der Waals surface area (Å²) in [6.45, 7) is 7.20. The lowest BCUT2D eigenvalue weighted by Gasteiger charge is -2.35. The van der Waals surface area contributed by atoms with Crippen molar-refractivity contribution in [2.45, 2.75) is 57.8 Å². The number of anilines is 1. The van der Waals surface area contributed by atoms with Crippen LogP contribution in [0, 0.1) is 11.8 Å². The number of halogens is 1. The summed E-state index contributed by atoms with van der Waals surface area (Å²) in [5, 5.41) is 9.47. The molecule has 0 amide bonds. The number of benzene rings is 3. The van der Waals surface area contributed by atoms with Gasteiger partial charge in [-0.3, -0.25) is 9.58 Å². The van der Waals surface area contributed by atoms with Crippen LogP contribution < -0.4 is 10.2 Å². The van der Waals surface area contributed by atoms with Crippen molar-refractivity contribution in [3.05, 3.63) is 135 Å². The third-order valence-electron chi connectivity index (χ3n) is 11.2. The second-order valence-electron chi connectivity index (χ2n) is 14.9. The Labute approximate surface area is 330 Å². The van der Waals surface area contributed by atoms with Crippen LogP contribution >= 0.6 is 11.6 Å². The zero-order valence-corrected chi connectivity index (χ0v) is 33.0. The van der Waals surface area contributed by atoms with Gasteiger partial charge in [-0.2, -0.15) is 9.40 Å². The Bertz CT molecular complexity index is 2290. The molecular formula is C44H48ClN7O2S. The van der Waals surface area contributed by atoms with Crippen LogP contribution in [-0.2, 0) is 42.5 Å². The summed E-state index contributed by atoms with van der Waals surface area (Å²) in [4.78, 5) is 9.37. The summed E-state index contributed by atoms with van der Waals surface area (Å²) in [5.41, 5.74) is 9.49. The number of pyridine rings is 1. The van der Waals surface area contributed by atoms with Gasteiger partial charge in [0.25, 0.3) is 0 Å². The van der Waals surface area contributed by atoms with Gasteiger partial charge in [0.15, 0.2) is 0 Å². The van der Waals surface area contributed by atoms with Crippen molar-refractivity contribution in [3.8, 4) is 23.1 Å². The lowest BCUT2D eigenvalue weighted by Crippen LogP contribution is -2.47. The molecule has 1 saturated heterocycles. The van der Waals surface area contributed by atoms with Gasteiger partial charge in [0.05, 0.1) is 17.0 Å². The van der Waals surface area contributed by atoms with Crippen molar-refractivity contribution >= 4 is 27.4 Å². The van der Waals surface area contributed by atoms with Crippen LogP contribution in [0.1, 0.15) is 64.4 Å². The molecule has 0 saturated carbocycles. The maximum atomic E-state index is 12.7. The second-order valence-corrected chi connectivity index (χ2v) is 17.3. The van der Waals surface area contributed by atoms with E-state index in [1.807, 2.05) is 36.5 Å². The Hall–Kier alpha value is -4.50. The van der Waals surface area contributed by atoms with Gasteiger partial charge in [-0.25, -0.2) is 13.4 Å². The fraction of sp³-hybridized carbons (Fsp3) is 0.364. The molecule has 284 valence electrons. The molecular weight excluding hydrogens is 726 g/mol. The molecule has 1 fully saturated rings. The van der Waals surface area contributed by atoms with E-state index in [0.717, 1.165) is 99.0 Å². The molecule has 55 heavy (non-hydrogen) atoms. The second kappa shape index (κ2) is 16.7. The summed E-state index contributed by atoms with van der Waals surface area (Å²) in [6.07, 6.45) is 8.24. The largest absolute Gasteiger partial charge is 0.354 e. The lowest BCUT2D eigenvalue weighted by molar-refractivity contribution is 0.248. The number of aromatic nitrogens is 3. The fourth-order valence-corrected chi connectivity index (χ4v) is 9.12. The number of piperazine rings is 1. The standard InChI is InChI=1S/C44H48ClN7O2S/c1-55(53,54)51-25-21-42-39(32-51)44(48-52(42)24-7-23-49-26-28-50(29-27-49)43-12-4-5-22-46-43)37-19-20-40(45)36(30-37)18-17-33-13-15-34(16-14-33)31-47-41-11-6-9-35-8-2-3-10-38(35)41/h2-5,8,10,12-16,19-20,22,30,41,47H,6-7,9,11,21,23-29,31-32H2,1H3. The molecule has 11 heteroatoms. The van der Waals surface area contributed by atoms with Gasteiger partial charge in [-0.1, -0.05) is 72.0 Å². The first kappa shape index (κ1) is 37.4. The fourth-order valence-electron chi connectivity index (χ4n) is 8.17. The number of fused-ring (bicyclic) bond motifs is 2. The van der Waals surface area contributed by atoms with Crippen molar-refractivity contribution in [2.75, 3.05) is 50.4 Å². The minimum atomic E-state index is -3.36. The molecule has 3 aliphatic rings. The average Bonchev–Trinajstić information content (AvgIpc) is 3.58. The number of hydrogen-bond acceptors (Lipinski definition) is 7. The van der Waals surface area contributed by atoms with Crippen LogP contribution in [0.25, 0.3) is 11.3 Å². The molecule has 2 aromatic heterocycles. The van der Waals surface area contributed by atoms with Gasteiger partial charge in [0, 0.05) is 106 Å². The van der Waals surface area contributed by atoms with Crippen molar-refractivity contribution in [1.82, 2.24) is 29.3 Å². The number of rotatable bonds is 10. The number of aryl methyl sites for hydroxylation is 2. The van der Waals surface area contributed by atoms with Crippen molar-refractivity contribution in [1.29, 1.82) is 0 Å². The van der Waals surface area contributed by atoms with E-state index < -0.39 is 10.0 Å².